The van der Waals surface area contributed by atoms with E-state index in [4.69, 9.17) is 9.47 Å². The minimum absolute atomic E-state index is 0.126. The number of fused-ring (bicyclic) bond motifs is 2. The SMILES string of the molecule is COc1nc(N[C@H]2CCN(C3COC3)C[C@@H]2F)nn2ccc(-c3ccc4nnn(C[C@@H](C)F)c4c3)c12. The maximum Gasteiger partial charge on any atom is 0.244 e. The Morgan fingerprint density at radius 2 is 2.14 bits per heavy atom. The second-order valence-corrected chi connectivity index (χ2v) is 9.46. The second kappa shape index (κ2) is 9.25. The summed E-state index contributed by atoms with van der Waals surface area (Å²) >= 11 is 0. The van der Waals surface area contributed by atoms with Crippen LogP contribution in [0.25, 0.3) is 27.7 Å². The molecule has 0 unspecified atom stereocenters. The Morgan fingerprint density at radius 1 is 1.28 bits per heavy atom. The highest BCUT2D eigenvalue weighted by Crippen LogP contribution is 2.33. The zero-order valence-electron chi connectivity index (χ0n) is 20.1. The number of likely N-dealkylation sites (tertiary alicyclic amines) is 1. The van der Waals surface area contributed by atoms with Gasteiger partial charge in [-0.3, -0.25) is 4.90 Å². The molecular formula is C24H28F2N8O2. The molecule has 3 aromatic heterocycles. The summed E-state index contributed by atoms with van der Waals surface area (Å²) < 4.78 is 42.7. The van der Waals surface area contributed by atoms with Crippen LogP contribution in [-0.2, 0) is 11.3 Å². The normalized spacial score (nSPS) is 22.1. The smallest absolute Gasteiger partial charge is 0.244 e. The Kier molecular flexibility index (Phi) is 5.92. The Labute approximate surface area is 206 Å². The molecule has 4 aromatic rings. The predicted molar refractivity (Wildman–Crippen MR) is 130 cm³/mol. The van der Waals surface area contributed by atoms with E-state index < -0.39 is 12.3 Å². The number of hydrogen-bond acceptors (Lipinski definition) is 8. The van der Waals surface area contributed by atoms with Crippen molar-refractivity contribution >= 4 is 22.5 Å². The maximum absolute atomic E-state index is 15.0. The number of ether oxygens (including phenoxy) is 2. The van der Waals surface area contributed by atoms with Crippen LogP contribution in [0.3, 0.4) is 0 Å². The molecule has 0 amide bonds. The first kappa shape index (κ1) is 23.0. The molecule has 3 atom stereocenters. The number of piperidine rings is 1. The van der Waals surface area contributed by atoms with Crippen molar-refractivity contribution in [2.24, 2.45) is 0 Å². The summed E-state index contributed by atoms with van der Waals surface area (Å²) in [4.78, 5) is 6.71. The van der Waals surface area contributed by atoms with Gasteiger partial charge in [-0.2, -0.15) is 4.98 Å². The Balaban J connectivity index is 1.28. The van der Waals surface area contributed by atoms with Crippen molar-refractivity contribution in [2.45, 2.75) is 44.3 Å². The van der Waals surface area contributed by atoms with Gasteiger partial charge in [-0.15, -0.1) is 10.2 Å². The third kappa shape index (κ3) is 4.13. The van der Waals surface area contributed by atoms with E-state index in [1.807, 2.05) is 30.5 Å². The van der Waals surface area contributed by atoms with Crippen molar-refractivity contribution in [2.75, 3.05) is 38.7 Å². The van der Waals surface area contributed by atoms with Gasteiger partial charge in [0.2, 0.25) is 11.8 Å². The zero-order chi connectivity index (χ0) is 24.8. The highest BCUT2D eigenvalue weighted by atomic mass is 19.1. The first-order chi connectivity index (χ1) is 17.5. The standard InChI is InChI=1S/C24H28F2N8O2/c1-14(25)10-34-21-9-15(3-4-20(21)29-31-34)17-5-8-33-22(17)23(35-2)28-24(30-33)27-19-6-7-32(11-18(19)26)16-12-36-13-16/h3-5,8-9,14,16,18-19H,6-7,10-13H2,1-2H3,(H,27,30)/t14-,18+,19+/m1/s1. The van der Waals surface area contributed by atoms with E-state index in [9.17, 15) is 8.78 Å². The first-order valence-corrected chi connectivity index (χ1v) is 12.1. The van der Waals surface area contributed by atoms with E-state index in [2.05, 4.69) is 30.6 Å². The molecule has 2 aliphatic heterocycles. The van der Waals surface area contributed by atoms with E-state index in [1.165, 1.54) is 6.92 Å². The van der Waals surface area contributed by atoms with Crippen molar-refractivity contribution in [1.82, 2.24) is 34.5 Å². The summed E-state index contributed by atoms with van der Waals surface area (Å²) in [6, 6.07) is 7.56. The number of hydrogen-bond donors (Lipinski definition) is 1. The van der Waals surface area contributed by atoms with Crippen LogP contribution in [0.1, 0.15) is 13.3 Å². The van der Waals surface area contributed by atoms with Crippen LogP contribution in [0.4, 0.5) is 14.7 Å². The Bertz CT molecular complexity index is 1390. The zero-order valence-corrected chi connectivity index (χ0v) is 20.1. The molecule has 190 valence electrons. The summed E-state index contributed by atoms with van der Waals surface area (Å²) in [5, 5.41) is 16.0. The van der Waals surface area contributed by atoms with Gasteiger partial charge < -0.3 is 14.8 Å². The number of aromatic nitrogens is 6. The van der Waals surface area contributed by atoms with Gasteiger partial charge in [-0.1, -0.05) is 11.3 Å². The Hall–Kier alpha value is -3.38. The van der Waals surface area contributed by atoms with Crippen molar-refractivity contribution in [1.29, 1.82) is 0 Å². The van der Waals surface area contributed by atoms with Gasteiger partial charge >= 0.3 is 0 Å². The molecular weight excluding hydrogens is 470 g/mol. The lowest BCUT2D eigenvalue weighted by Gasteiger charge is -2.42. The fourth-order valence-corrected chi connectivity index (χ4v) is 4.96. The average molecular weight is 499 g/mol. The number of alkyl halides is 2. The summed E-state index contributed by atoms with van der Waals surface area (Å²) in [5.41, 5.74) is 3.83. The van der Waals surface area contributed by atoms with Crippen molar-refractivity contribution < 1.29 is 18.3 Å². The van der Waals surface area contributed by atoms with Crippen molar-refractivity contribution in [3.8, 4) is 17.0 Å². The van der Waals surface area contributed by atoms with Crippen LogP contribution in [0, 0.1) is 0 Å². The number of nitrogens with zero attached hydrogens (tertiary/aromatic N) is 7. The average Bonchev–Trinajstić information content (AvgIpc) is 3.43. The number of benzene rings is 1. The molecule has 12 heteroatoms. The van der Waals surface area contributed by atoms with Crippen LogP contribution >= 0.6 is 0 Å². The van der Waals surface area contributed by atoms with E-state index >= 15 is 0 Å². The second-order valence-electron chi connectivity index (χ2n) is 9.46. The van der Waals surface area contributed by atoms with Crippen LogP contribution in [-0.4, -0.2) is 92.3 Å². The van der Waals surface area contributed by atoms with E-state index in [-0.39, 0.29) is 12.6 Å². The molecule has 2 fully saturated rings. The lowest BCUT2D eigenvalue weighted by Crippen LogP contribution is -2.57. The van der Waals surface area contributed by atoms with Crippen molar-refractivity contribution in [3.05, 3.63) is 30.5 Å². The molecule has 0 spiro atoms. The van der Waals surface area contributed by atoms with E-state index in [0.29, 0.717) is 55.1 Å². The molecule has 2 aliphatic rings. The molecule has 1 aromatic carbocycles. The predicted octanol–water partition coefficient (Wildman–Crippen LogP) is 2.73. The molecule has 0 radical (unpaired) electrons. The number of nitrogens with one attached hydrogen (secondary N) is 1. The molecule has 10 nitrogen and oxygen atoms in total. The molecule has 0 bridgehead atoms. The molecule has 6 rings (SSSR count). The van der Waals surface area contributed by atoms with Gasteiger partial charge in [-0.05, 0) is 37.1 Å². The lowest BCUT2D eigenvalue weighted by atomic mass is 10.0. The largest absolute Gasteiger partial charge is 0.479 e. The Morgan fingerprint density at radius 3 is 2.86 bits per heavy atom. The van der Waals surface area contributed by atoms with Gasteiger partial charge in [0, 0.05) is 24.8 Å². The van der Waals surface area contributed by atoms with E-state index in [0.717, 1.165) is 23.2 Å². The summed E-state index contributed by atoms with van der Waals surface area (Å²) in [6.45, 7) is 4.14. The van der Waals surface area contributed by atoms with Gasteiger partial charge in [0.25, 0.3) is 0 Å². The molecule has 36 heavy (non-hydrogen) atoms. The highest BCUT2D eigenvalue weighted by Gasteiger charge is 2.35. The van der Waals surface area contributed by atoms with Crippen LogP contribution in [0.2, 0.25) is 0 Å². The molecule has 0 saturated carbocycles. The molecule has 1 N–H and O–H groups in total. The number of rotatable bonds is 7. The number of methoxy groups -OCH3 is 1. The molecule has 5 heterocycles. The van der Waals surface area contributed by atoms with Crippen LogP contribution < -0.4 is 10.1 Å². The maximum atomic E-state index is 15.0. The lowest BCUT2D eigenvalue weighted by molar-refractivity contribution is -0.0794. The van der Waals surface area contributed by atoms with Crippen molar-refractivity contribution in [3.63, 3.8) is 0 Å². The van der Waals surface area contributed by atoms with Gasteiger partial charge in [0.1, 0.15) is 23.4 Å². The van der Waals surface area contributed by atoms with Gasteiger partial charge in [0.05, 0.1) is 44.5 Å². The third-order valence-electron chi connectivity index (χ3n) is 6.95. The quantitative estimate of drug-likeness (QED) is 0.416. The molecule has 0 aliphatic carbocycles. The van der Waals surface area contributed by atoms with Crippen LogP contribution in [0.5, 0.6) is 5.88 Å². The summed E-state index contributed by atoms with van der Waals surface area (Å²) in [5.74, 6) is 0.681. The fourth-order valence-electron chi connectivity index (χ4n) is 4.96. The van der Waals surface area contributed by atoms with E-state index in [1.54, 1.807) is 16.3 Å². The summed E-state index contributed by atoms with van der Waals surface area (Å²) in [6.07, 6.45) is 0.381. The summed E-state index contributed by atoms with van der Waals surface area (Å²) in [7, 11) is 1.55. The fraction of sp³-hybridized carbons (Fsp3) is 0.500. The van der Waals surface area contributed by atoms with Gasteiger partial charge in [0.15, 0.2) is 0 Å². The minimum atomic E-state index is -1.04. The molecule has 2 saturated heterocycles. The first-order valence-electron chi connectivity index (χ1n) is 12.1. The monoisotopic (exact) mass is 498 g/mol. The third-order valence-corrected chi connectivity index (χ3v) is 6.95. The van der Waals surface area contributed by atoms with Gasteiger partial charge in [-0.25, -0.2) is 18.0 Å². The topological polar surface area (TPSA) is 94.6 Å². The number of anilines is 1. The number of halogens is 2. The van der Waals surface area contributed by atoms with Crippen LogP contribution in [0.15, 0.2) is 30.5 Å². The highest BCUT2D eigenvalue weighted by molar-refractivity contribution is 5.89. The minimum Gasteiger partial charge on any atom is -0.479 e.